The highest BCUT2D eigenvalue weighted by molar-refractivity contribution is 6.00. The summed E-state index contributed by atoms with van der Waals surface area (Å²) in [6.07, 6.45) is -0.0374. The van der Waals surface area contributed by atoms with E-state index in [1.54, 1.807) is 24.3 Å². The predicted octanol–water partition coefficient (Wildman–Crippen LogP) is 2.56. The summed E-state index contributed by atoms with van der Waals surface area (Å²) >= 11 is 0. The Morgan fingerprint density at radius 2 is 1.76 bits per heavy atom. The van der Waals surface area contributed by atoms with Crippen LogP contribution in [0.4, 0.5) is 15.8 Å². The van der Waals surface area contributed by atoms with E-state index < -0.39 is 30.2 Å². The number of anilines is 2. The number of carbonyl (C=O) groups is 4. The number of amides is 2. The molecular formula is C21H19FN2O5. The Bertz CT molecular complexity index is 941. The van der Waals surface area contributed by atoms with Gasteiger partial charge in [-0.25, -0.2) is 4.39 Å². The number of ketones is 1. The highest BCUT2D eigenvalue weighted by Gasteiger charge is 2.36. The molecule has 2 aromatic carbocycles. The number of carbonyl (C=O) groups excluding carboxylic acids is 4. The zero-order valence-electron chi connectivity index (χ0n) is 15.7. The average molecular weight is 398 g/mol. The van der Waals surface area contributed by atoms with Crippen LogP contribution in [0.25, 0.3) is 0 Å². The highest BCUT2D eigenvalue weighted by atomic mass is 19.1. The lowest BCUT2D eigenvalue weighted by atomic mass is 10.1. The molecule has 0 radical (unpaired) electrons. The Labute approximate surface area is 166 Å². The molecule has 0 aliphatic carbocycles. The summed E-state index contributed by atoms with van der Waals surface area (Å²) in [5.41, 5.74) is 1.49. The monoisotopic (exact) mass is 398 g/mol. The molecule has 0 spiro atoms. The molecule has 29 heavy (non-hydrogen) atoms. The van der Waals surface area contributed by atoms with Gasteiger partial charge in [0.2, 0.25) is 5.91 Å². The van der Waals surface area contributed by atoms with E-state index in [-0.39, 0.29) is 24.7 Å². The van der Waals surface area contributed by atoms with E-state index >= 15 is 0 Å². The number of hydrogen-bond acceptors (Lipinski definition) is 5. The third-order valence-corrected chi connectivity index (χ3v) is 4.52. The van der Waals surface area contributed by atoms with Crippen molar-refractivity contribution in [2.75, 3.05) is 23.4 Å². The van der Waals surface area contributed by atoms with Gasteiger partial charge in [-0.3, -0.25) is 19.2 Å². The lowest BCUT2D eigenvalue weighted by Gasteiger charge is -2.16. The van der Waals surface area contributed by atoms with Gasteiger partial charge in [0.25, 0.3) is 5.91 Å². The van der Waals surface area contributed by atoms with Crippen molar-refractivity contribution in [1.29, 1.82) is 0 Å². The van der Waals surface area contributed by atoms with E-state index in [0.717, 1.165) is 0 Å². The largest absolute Gasteiger partial charge is 0.455 e. The van der Waals surface area contributed by atoms with E-state index in [4.69, 9.17) is 4.74 Å². The lowest BCUT2D eigenvalue weighted by Crippen LogP contribution is -2.28. The van der Waals surface area contributed by atoms with E-state index in [0.29, 0.717) is 16.9 Å². The maximum absolute atomic E-state index is 13.0. The third-order valence-electron chi connectivity index (χ3n) is 4.52. The van der Waals surface area contributed by atoms with Gasteiger partial charge in [-0.1, -0.05) is 0 Å². The molecule has 0 saturated carbocycles. The Kier molecular flexibility index (Phi) is 6.01. The molecule has 2 amide bonds. The molecule has 1 atom stereocenters. The summed E-state index contributed by atoms with van der Waals surface area (Å²) in [4.78, 5) is 49.0. The fourth-order valence-corrected chi connectivity index (χ4v) is 2.98. The summed E-state index contributed by atoms with van der Waals surface area (Å²) in [6, 6.07) is 11.7. The van der Waals surface area contributed by atoms with E-state index in [2.05, 4.69) is 5.32 Å². The normalized spacial score (nSPS) is 15.9. The van der Waals surface area contributed by atoms with Crippen LogP contribution in [0.5, 0.6) is 0 Å². The van der Waals surface area contributed by atoms with Crippen LogP contribution in [0.1, 0.15) is 23.7 Å². The molecule has 0 bridgehead atoms. The maximum atomic E-state index is 13.0. The van der Waals surface area contributed by atoms with Gasteiger partial charge in [-0.05, 0) is 55.5 Å². The van der Waals surface area contributed by atoms with Crippen molar-refractivity contribution in [3.05, 3.63) is 59.9 Å². The zero-order chi connectivity index (χ0) is 21.0. The fraction of sp³-hybridized carbons (Fsp3) is 0.238. The quantitative estimate of drug-likeness (QED) is 0.596. The van der Waals surface area contributed by atoms with Crippen molar-refractivity contribution in [2.45, 2.75) is 13.3 Å². The van der Waals surface area contributed by atoms with Crippen molar-refractivity contribution < 1.29 is 28.3 Å². The summed E-state index contributed by atoms with van der Waals surface area (Å²) in [5.74, 6) is -2.65. The molecule has 1 N–H and O–H groups in total. The highest BCUT2D eigenvalue weighted by Crippen LogP contribution is 2.26. The van der Waals surface area contributed by atoms with Gasteiger partial charge in [0.15, 0.2) is 12.4 Å². The molecule has 8 heteroatoms. The smallest absolute Gasteiger partial charge is 0.311 e. The Balaban J connectivity index is 1.50. The second-order valence-electron chi connectivity index (χ2n) is 6.67. The first-order valence-electron chi connectivity index (χ1n) is 8.97. The first-order valence-corrected chi connectivity index (χ1v) is 8.97. The first kappa shape index (κ1) is 20.2. The van der Waals surface area contributed by atoms with Gasteiger partial charge in [0, 0.05) is 29.9 Å². The van der Waals surface area contributed by atoms with Crippen LogP contribution in [0.3, 0.4) is 0 Å². The van der Waals surface area contributed by atoms with Crippen LogP contribution < -0.4 is 10.2 Å². The van der Waals surface area contributed by atoms with E-state index in [1.165, 1.54) is 36.1 Å². The standard InChI is InChI=1S/C21H19FN2O5/c1-13(25)14-2-6-17(7-3-14)23-19(26)12-29-21(28)15-10-20(27)24(11-15)18-8-4-16(22)5-9-18/h2-9,15H,10-12H2,1H3,(H,23,26)/t15-/m1/s1. The molecule has 1 aliphatic rings. The second kappa shape index (κ2) is 8.64. The fourth-order valence-electron chi connectivity index (χ4n) is 2.98. The Morgan fingerprint density at radius 1 is 1.10 bits per heavy atom. The molecule has 1 aliphatic heterocycles. The third kappa shape index (κ3) is 5.04. The first-order chi connectivity index (χ1) is 13.8. The summed E-state index contributed by atoms with van der Waals surface area (Å²) in [7, 11) is 0. The van der Waals surface area contributed by atoms with Crippen LogP contribution in [-0.4, -0.2) is 36.7 Å². The average Bonchev–Trinajstić information content (AvgIpc) is 3.09. The van der Waals surface area contributed by atoms with Crippen molar-refractivity contribution in [1.82, 2.24) is 0 Å². The number of benzene rings is 2. The van der Waals surface area contributed by atoms with Gasteiger partial charge >= 0.3 is 5.97 Å². The Hall–Kier alpha value is -3.55. The number of ether oxygens (including phenoxy) is 1. The second-order valence-corrected chi connectivity index (χ2v) is 6.67. The SMILES string of the molecule is CC(=O)c1ccc(NC(=O)COC(=O)[C@@H]2CC(=O)N(c3ccc(F)cc3)C2)cc1. The van der Waals surface area contributed by atoms with Crippen molar-refractivity contribution >= 4 is 34.9 Å². The van der Waals surface area contributed by atoms with Crippen LogP contribution in [-0.2, 0) is 19.1 Å². The predicted molar refractivity (Wildman–Crippen MR) is 103 cm³/mol. The van der Waals surface area contributed by atoms with E-state index in [9.17, 15) is 23.6 Å². The molecule has 1 saturated heterocycles. The minimum Gasteiger partial charge on any atom is -0.455 e. The molecule has 3 rings (SSSR count). The van der Waals surface area contributed by atoms with Gasteiger partial charge < -0.3 is 15.0 Å². The van der Waals surface area contributed by atoms with Crippen molar-refractivity contribution in [2.24, 2.45) is 5.92 Å². The lowest BCUT2D eigenvalue weighted by molar-refractivity contribution is -0.151. The number of esters is 1. The minimum atomic E-state index is -0.699. The minimum absolute atomic E-state index is 0.0374. The molecule has 0 aromatic heterocycles. The molecule has 2 aromatic rings. The van der Waals surface area contributed by atoms with Crippen LogP contribution >= 0.6 is 0 Å². The number of halogens is 1. The van der Waals surface area contributed by atoms with Gasteiger partial charge in [0.1, 0.15) is 5.82 Å². The van der Waals surface area contributed by atoms with Crippen LogP contribution in [0, 0.1) is 11.7 Å². The number of nitrogens with zero attached hydrogens (tertiary/aromatic N) is 1. The van der Waals surface area contributed by atoms with E-state index in [1.807, 2.05) is 0 Å². The van der Waals surface area contributed by atoms with Gasteiger partial charge in [-0.15, -0.1) is 0 Å². The summed E-state index contributed by atoms with van der Waals surface area (Å²) < 4.78 is 18.1. The van der Waals surface area contributed by atoms with Gasteiger partial charge in [-0.2, -0.15) is 0 Å². The molecule has 150 valence electrons. The Morgan fingerprint density at radius 3 is 2.38 bits per heavy atom. The molecule has 7 nitrogen and oxygen atoms in total. The van der Waals surface area contributed by atoms with Crippen LogP contribution in [0.2, 0.25) is 0 Å². The van der Waals surface area contributed by atoms with Crippen molar-refractivity contribution in [3.8, 4) is 0 Å². The molecule has 1 heterocycles. The number of Topliss-reactive ketones (excluding diaryl/α,β-unsaturated/α-hetero) is 1. The molecular weight excluding hydrogens is 379 g/mol. The number of hydrogen-bond donors (Lipinski definition) is 1. The van der Waals surface area contributed by atoms with Gasteiger partial charge in [0.05, 0.1) is 5.92 Å². The molecule has 0 unspecified atom stereocenters. The maximum Gasteiger partial charge on any atom is 0.311 e. The zero-order valence-corrected chi connectivity index (χ0v) is 15.7. The topological polar surface area (TPSA) is 92.8 Å². The molecule has 1 fully saturated rings. The van der Waals surface area contributed by atoms with Crippen LogP contribution in [0.15, 0.2) is 48.5 Å². The van der Waals surface area contributed by atoms with Crippen molar-refractivity contribution in [3.63, 3.8) is 0 Å². The summed E-state index contributed by atoms with van der Waals surface area (Å²) in [6.45, 7) is 1.06. The number of nitrogens with one attached hydrogen (secondary N) is 1. The summed E-state index contributed by atoms with van der Waals surface area (Å²) in [5, 5.41) is 2.56. The number of rotatable bonds is 6.